The van der Waals surface area contributed by atoms with Crippen molar-refractivity contribution in [3.05, 3.63) is 36.3 Å². The number of nitrogens with zero attached hydrogens (tertiary/aromatic N) is 5. The first-order valence-corrected chi connectivity index (χ1v) is 8.41. The predicted octanol–water partition coefficient (Wildman–Crippen LogP) is 0.756. The Labute approximate surface area is 141 Å². The van der Waals surface area contributed by atoms with E-state index in [-0.39, 0.29) is 18.1 Å². The van der Waals surface area contributed by atoms with Crippen LogP contribution in [0.5, 0.6) is 0 Å². The topological polar surface area (TPSA) is 55.5 Å². The first-order chi connectivity index (χ1) is 11.6. The van der Waals surface area contributed by atoms with Gasteiger partial charge in [0.25, 0.3) is 5.91 Å². The number of ether oxygens (including phenoxy) is 1. The maximum atomic E-state index is 13.3. The van der Waals surface area contributed by atoms with Gasteiger partial charge in [0, 0.05) is 39.1 Å². The standard InChI is InChI=1S/C17H23N5O2/c1-19-8-5-15-14(12-19)22(9-10-24-15)17(23)13-11-18-20(2)16(13)21-6-3-4-7-21/h3-4,6-7,11,14-15H,5,8-10,12H2,1-2H3/t14-,15+/m1/s1. The predicted molar refractivity (Wildman–Crippen MR) is 89.2 cm³/mol. The summed E-state index contributed by atoms with van der Waals surface area (Å²) in [6.07, 6.45) is 6.66. The Hall–Kier alpha value is -2.12. The van der Waals surface area contributed by atoms with Crippen molar-refractivity contribution in [3.8, 4) is 5.82 Å². The Morgan fingerprint density at radius 1 is 1.25 bits per heavy atom. The van der Waals surface area contributed by atoms with E-state index in [0.717, 1.165) is 25.3 Å². The van der Waals surface area contributed by atoms with E-state index in [1.165, 1.54) is 0 Å². The van der Waals surface area contributed by atoms with Crippen LogP contribution in [0.25, 0.3) is 5.82 Å². The first kappa shape index (κ1) is 15.4. The highest BCUT2D eigenvalue weighted by atomic mass is 16.5. The zero-order chi connectivity index (χ0) is 16.7. The molecule has 0 bridgehead atoms. The minimum Gasteiger partial charge on any atom is -0.374 e. The Morgan fingerprint density at radius 3 is 2.83 bits per heavy atom. The van der Waals surface area contributed by atoms with Crippen molar-refractivity contribution in [2.24, 2.45) is 7.05 Å². The molecule has 2 saturated heterocycles. The number of carbonyl (C=O) groups is 1. The molecule has 1 amide bonds. The molecule has 2 aliphatic rings. The zero-order valence-electron chi connectivity index (χ0n) is 14.1. The number of aromatic nitrogens is 3. The van der Waals surface area contributed by atoms with E-state index in [0.29, 0.717) is 18.7 Å². The molecule has 2 atom stereocenters. The number of morpholine rings is 1. The van der Waals surface area contributed by atoms with Gasteiger partial charge in [-0.2, -0.15) is 5.10 Å². The van der Waals surface area contributed by atoms with Gasteiger partial charge in [-0.25, -0.2) is 0 Å². The summed E-state index contributed by atoms with van der Waals surface area (Å²) in [7, 11) is 3.96. The highest BCUT2D eigenvalue weighted by Crippen LogP contribution is 2.25. The molecule has 0 aliphatic carbocycles. The van der Waals surface area contributed by atoms with Crippen LogP contribution in [0.2, 0.25) is 0 Å². The molecule has 0 radical (unpaired) electrons. The quantitative estimate of drug-likeness (QED) is 0.816. The molecule has 7 nitrogen and oxygen atoms in total. The van der Waals surface area contributed by atoms with Crippen molar-refractivity contribution in [1.29, 1.82) is 0 Å². The van der Waals surface area contributed by atoms with E-state index < -0.39 is 0 Å². The van der Waals surface area contributed by atoms with Gasteiger partial charge in [-0.15, -0.1) is 0 Å². The van der Waals surface area contributed by atoms with Crippen LogP contribution in [0.4, 0.5) is 0 Å². The molecule has 2 aromatic heterocycles. The number of hydrogen-bond acceptors (Lipinski definition) is 4. The molecule has 4 rings (SSSR count). The van der Waals surface area contributed by atoms with Crippen LogP contribution in [-0.4, -0.2) is 75.5 Å². The highest BCUT2D eigenvalue weighted by Gasteiger charge is 2.39. The summed E-state index contributed by atoms with van der Waals surface area (Å²) >= 11 is 0. The number of fused-ring (bicyclic) bond motifs is 1. The third kappa shape index (κ3) is 2.53. The Kier molecular flexibility index (Phi) is 3.90. The van der Waals surface area contributed by atoms with Crippen molar-refractivity contribution in [2.75, 3.05) is 33.3 Å². The number of likely N-dealkylation sites (N-methyl/N-ethyl adjacent to an activating group) is 1. The maximum absolute atomic E-state index is 13.3. The van der Waals surface area contributed by atoms with Crippen LogP contribution < -0.4 is 0 Å². The lowest BCUT2D eigenvalue weighted by Gasteiger charge is -2.46. The number of likely N-dealkylation sites (tertiary alicyclic amines) is 1. The van der Waals surface area contributed by atoms with Gasteiger partial charge in [-0.1, -0.05) is 0 Å². The van der Waals surface area contributed by atoms with Gasteiger partial charge < -0.3 is 19.1 Å². The minimum absolute atomic E-state index is 0.0420. The summed E-state index contributed by atoms with van der Waals surface area (Å²) in [6.45, 7) is 3.11. The number of hydrogen-bond donors (Lipinski definition) is 0. The van der Waals surface area contributed by atoms with Crippen molar-refractivity contribution >= 4 is 5.91 Å². The fraction of sp³-hybridized carbons (Fsp3) is 0.529. The van der Waals surface area contributed by atoms with Crippen LogP contribution in [-0.2, 0) is 11.8 Å². The van der Waals surface area contributed by atoms with E-state index in [1.807, 2.05) is 41.0 Å². The molecule has 0 saturated carbocycles. The van der Waals surface area contributed by atoms with Crippen molar-refractivity contribution < 1.29 is 9.53 Å². The Balaban J connectivity index is 1.66. The number of amides is 1. The lowest BCUT2D eigenvalue weighted by Crippen LogP contribution is -2.60. The van der Waals surface area contributed by atoms with Crippen LogP contribution in [0, 0.1) is 0 Å². The molecule has 2 aromatic rings. The molecule has 2 fully saturated rings. The molecule has 2 aliphatic heterocycles. The minimum atomic E-state index is 0.0420. The summed E-state index contributed by atoms with van der Waals surface area (Å²) in [5, 5.41) is 4.31. The lowest BCUT2D eigenvalue weighted by molar-refractivity contribution is -0.0869. The lowest BCUT2D eigenvalue weighted by atomic mass is 9.98. The molecule has 0 unspecified atom stereocenters. The van der Waals surface area contributed by atoms with Crippen LogP contribution >= 0.6 is 0 Å². The van der Waals surface area contributed by atoms with E-state index in [1.54, 1.807) is 10.9 Å². The number of rotatable bonds is 2. The molecule has 0 N–H and O–H groups in total. The summed E-state index contributed by atoms with van der Waals surface area (Å²) in [4.78, 5) is 17.5. The second-order valence-corrected chi connectivity index (χ2v) is 6.62. The SMILES string of the molecule is CN1CC[C@@H]2OCCN(C(=O)c3cnn(C)c3-n3cccc3)[C@@H]2C1. The molecule has 0 spiro atoms. The fourth-order valence-electron chi connectivity index (χ4n) is 3.80. The smallest absolute Gasteiger partial charge is 0.259 e. The van der Waals surface area contributed by atoms with E-state index in [2.05, 4.69) is 17.0 Å². The van der Waals surface area contributed by atoms with Gasteiger partial charge in [-0.05, 0) is 25.6 Å². The van der Waals surface area contributed by atoms with Crippen LogP contribution in [0.1, 0.15) is 16.8 Å². The fourth-order valence-corrected chi connectivity index (χ4v) is 3.80. The average molecular weight is 329 g/mol. The molecule has 4 heterocycles. The largest absolute Gasteiger partial charge is 0.374 e. The van der Waals surface area contributed by atoms with Crippen LogP contribution in [0.3, 0.4) is 0 Å². The number of piperidine rings is 1. The third-order valence-corrected chi connectivity index (χ3v) is 5.04. The van der Waals surface area contributed by atoms with Crippen molar-refractivity contribution in [1.82, 2.24) is 24.1 Å². The summed E-state index contributed by atoms with van der Waals surface area (Å²) < 4.78 is 9.59. The monoisotopic (exact) mass is 329 g/mol. The zero-order valence-corrected chi connectivity index (χ0v) is 14.1. The van der Waals surface area contributed by atoms with Gasteiger partial charge in [0.1, 0.15) is 11.4 Å². The second-order valence-electron chi connectivity index (χ2n) is 6.62. The molecular formula is C17H23N5O2. The molecular weight excluding hydrogens is 306 g/mol. The van der Waals surface area contributed by atoms with Crippen molar-refractivity contribution in [3.63, 3.8) is 0 Å². The first-order valence-electron chi connectivity index (χ1n) is 8.41. The van der Waals surface area contributed by atoms with Gasteiger partial charge in [0.05, 0.1) is 24.9 Å². The summed E-state index contributed by atoms with van der Waals surface area (Å²) in [5.41, 5.74) is 0.641. The molecule has 24 heavy (non-hydrogen) atoms. The number of carbonyl (C=O) groups excluding carboxylic acids is 1. The van der Waals surface area contributed by atoms with Gasteiger partial charge in [0.15, 0.2) is 0 Å². The Morgan fingerprint density at radius 2 is 2.04 bits per heavy atom. The van der Waals surface area contributed by atoms with Gasteiger partial charge >= 0.3 is 0 Å². The van der Waals surface area contributed by atoms with E-state index in [4.69, 9.17) is 4.74 Å². The maximum Gasteiger partial charge on any atom is 0.259 e. The highest BCUT2D eigenvalue weighted by molar-refractivity contribution is 5.97. The second kappa shape index (κ2) is 6.07. The summed E-state index contributed by atoms with van der Waals surface area (Å²) in [6, 6.07) is 4.01. The summed E-state index contributed by atoms with van der Waals surface area (Å²) in [5.74, 6) is 0.845. The van der Waals surface area contributed by atoms with E-state index >= 15 is 0 Å². The Bertz CT molecular complexity index is 723. The van der Waals surface area contributed by atoms with Crippen LogP contribution in [0.15, 0.2) is 30.7 Å². The molecule has 128 valence electrons. The van der Waals surface area contributed by atoms with Gasteiger partial charge in [0.2, 0.25) is 0 Å². The third-order valence-electron chi connectivity index (χ3n) is 5.04. The van der Waals surface area contributed by atoms with Gasteiger partial charge in [-0.3, -0.25) is 9.48 Å². The molecule has 7 heteroatoms. The van der Waals surface area contributed by atoms with E-state index in [9.17, 15) is 4.79 Å². The normalized spacial score (nSPS) is 24.8. The van der Waals surface area contributed by atoms with Crippen molar-refractivity contribution in [2.45, 2.75) is 18.6 Å². The average Bonchev–Trinajstić information content (AvgIpc) is 3.22. The number of aryl methyl sites for hydroxylation is 1. The molecule has 0 aromatic carbocycles.